The molecule has 100 valence electrons. The van der Waals surface area contributed by atoms with Crippen molar-refractivity contribution >= 4 is 21.7 Å². The van der Waals surface area contributed by atoms with Crippen molar-refractivity contribution in [3.8, 4) is 0 Å². The van der Waals surface area contributed by atoms with Crippen LogP contribution in [-0.2, 0) is 6.54 Å². The minimum atomic E-state index is -0.496. The van der Waals surface area contributed by atoms with E-state index in [2.05, 4.69) is 36.2 Å². The lowest BCUT2D eigenvalue weighted by Gasteiger charge is -2.07. The fourth-order valence-corrected chi connectivity index (χ4v) is 1.93. The van der Waals surface area contributed by atoms with Crippen molar-refractivity contribution in [3.63, 3.8) is 0 Å². The van der Waals surface area contributed by atoms with Gasteiger partial charge in [-0.1, -0.05) is 0 Å². The summed E-state index contributed by atoms with van der Waals surface area (Å²) in [6.07, 6.45) is 1.42. The first-order valence-electron chi connectivity index (χ1n) is 5.51. The van der Waals surface area contributed by atoms with Crippen molar-refractivity contribution in [1.29, 1.82) is 0 Å². The third-order valence-corrected chi connectivity index (χ3v) is 3.00. The Balaban J connectivity index is 2.41. The van der Waals surface area contributed by atoms with E-state index in [1.807, 2.05) is 6.92 Å². The Morgan fingerprint density at radius 2 is 2.16 bits per heavy atom. The van der Waals surface area contributed by atoms with Gasteiger partial charge in [-0.3, -0.25) is 14.3 Å². The fourth-order valence-electron chi connectivity index (χ4n) is 1.58. The van der Waals surface area contributed by atoms with E-state index in [-0.39, 0.29) is 11.0 Å². The summed E-state index contributed by atoms with van der Waals surface area (Å²) in [5.74, 6) is 1.17. The highest BCUT2D eigenvalue weighted by Gasteiger charge is 2.06. The van der Waals surface area contributed by atoms with Gasteiger partial charge in [-0.15, -0.1) is 0 Å². The maximum absolute atomic E-state index is 11.7. The van der Waals surface area contributed by atoms with Crippen LogP contribution in [0.25, 0.3) is 0 Å². The van der Waals surface area contributed by atoms with Crippen molar-refractivity contribution in [2.24, 2.45) is 0 Å². The smallest absolute Gasteiger partial charge is 0.328 e. The number of halogens is 1. The molecule has 2 N–H and O–H groups in total. The first-order chi connectivity index (χ1) is 8.99. The first-order valence-corrected chi connectivity index (χ1v) is 6.30. The fraction of sp³-hybridized carbons (Fsp3) is 0.273. The molecule has 2 aromatic heterocycles. The Labute approximate surface area is 116 Å². The highest BCUT2D eigenvalue weighted by molar-refractivity contribution is 9.10. The molecule has 0 radical (unpaired) electrons. The number of nitrogens with one attached hydrogen (secondary N) is 2. The van der Waals surface area contributed by atoms with Gasteiger partial charge >= 0.3 is 5.69 Å². The molecule has 0 unspecified atom stereocenters. The number of H-pyrrole nitrogens is 1. The molecule has 0 aliphatic heterocycles. The van der Waals surface area contributed by atoms with E-state index in [0.29, 0.717) is 11.6 Å². The topological polar surface area (TPSA) is 92.7 Å². The van der Waals surface area contributed by atoms with Crippen LogP contribution in [0, 0.1) is 6.92 Å². The summed E-state index contributed by atoms with van der Waals surface area (Å²) < 4.78 is 1.62. The van der Waals surface area contributed by atoms with Gasteiger partial charge in [0.2, 0.25) is 0 Å². The predicted octanol–water partition coefficient (Wildman–Crippen LogP) is 0.488. The van der Waals surface area contributed by atoms with Crippen molar-refractivity contribution in [2.45, 2.75) is 13.5 Å². The van der Waals surface area contributed by atoms with Crippen LogP contribution in [0.15, 0.2) is 26.3 Å². The number of hydrogen-bond acceptors (Lipinski definition) is 5. The number of anilines is 1. The molecule has 0 aliphatic rings. The van der Waals surface area contributed by atoms with Crippen LogP contribution >= 0.6 is 15.9 Å². The molecule has 0 saturated carbocycles. The van der Waals surface area contributed by atoms with Gasteiger partial charge in [0.05, 0.1) is 11.0 Å². The van der Waals surface area contributed by atoms with E-state index < -0.39 is 11.2 Å². The summed E-state index contributed by atoms with van der Waals surface area (Å²) in [4.78, 5) is 33.6. The second kappa shape index (κ2) is 5.35. The van der Waals surface area contributed by atoms with Gasteiger partial charge in [0.15, 0.2) is 5.82 Å². The summed E-state index contributed by atoms with van der Waals surface area (Å²) >= 11 is 3.08. The Kier molecular flexibility index (Phi) is 3.79. The van der Waals surface area contributed by atoms with Crippen molar-refractivity contribution in [2.75, 3.05) is 12.4 Å². The molecule has 2 rings (SSSR count). The normalized spacial score (nSPS) is 10.5. The lowest BCUT2D eigenvalue weighted by Crippen LogP contribution is -2.30. The molecule has 2 heterocycles. The third kappa shape index (κ3) is 3.08. The van der Waals surface area contributed by atoms with Crippen LogP contribution < -0.4 is 16.6 Å². The highest BCUT2D eigenvalue weighted by Crippen LogP contribution is 2.06. The van der Waals surface area contributed by atoms with Gasteiger partial charge in [0.1, 0.15) is 5.82 Å². The van der Waals surface area contributed by atoms with E-state index >= 15 is 0 Å². The summed E-state index contributed by atoms with van der Waals surface area (Å²) in [6.45, 7) is 2.03. The second-order valence-corrected chi connectivity index (χ2v) is 4.78. The maximum Gasteiger partial charge on any atom is 0.328 e. The summed E-state index contributed by atoms with van der Waals surface area (Å²) in [5.41, 5.74) is -0.155. The van der Waals surface area contributed by atoms with Crippen LogP contribution in [-0.4, -0.2) is 26.6 Å². The summed E-state index contributed by atoms with van der Waals surface area (Å²) in [7, 11) is 1.76. The monoisotopic (exact) mass is 325 g/mol. The molecule has 0 aromatic carbocycles. The molecule has 0 spiro atoms. The van der Waals surface area contributed by atoms with Gasteiger partial charge in [-0.2, -0.15) is 0 Å². The quantitative estimate of drug-likeness (QED) is 0.856. The van der Waals surface area contributed by atoms with E-state index in [0.717, 1.165) is 5.69 Å². The number of aryl methyl sites for hydroxylation is 1. The first kappa shape index (κ1) is 13.5. The lowest BCUT2D eigenvalue weighted by molar-refractivity contribution is 0.680. The van der Waals surface area contributed by atoms with Gasteiger partial charge in [-0.25, -0.2) is 14.8 Å². The van der Waals surface area contributed by atoms with Crippen LogP contribution in [0.5, 0.6) is 0 Å². The second-order valence-electron chi connectivity index (χ2n) is 3.93. The molecule has 0 aliphatic carbocycles. The molecule has 0 bridgehead atoms. The molecule has 0 fully saturated rings. The van der Waals surface area contributed by atoms with E-state index in [9.17, 15) is 9.59 Å². The van der Waals surface area contributed by atoms with Crippen molar-refractivity contribution in [1.82, 2.24) is 19.5 Å². The number of hydrogen-bond donors (Lipinski definition) is 2. The summed E-state index contributed by atoms with van der Waals surface area (Å²) in [5, 5.41) is 2.92. The molecule has 8 heteroatoms. The molecular formula is C11H12BrN5O2. The Hall–Kier alpha value is -1.96. The standard InChI is InChI=1S/C11H12BrN5O2/c1-6-3-8(13-2)15-9(14-6)5-17-4-7(12)10(18)16-11(17)19/h3-4H,5H2,1-2H3,(H,13,14,15)(H,16,18,19). The van der Waals surface area contributed by atoms with Gasteiger partial charge in [0.25, 0.3) is 5.56 Å². The predicted molar refractivity (Wildman–Crippen MR) is 74.4 cm³/mol. The average Bonchev–Trinajstić information content (AvgIpc) is 2.35. The number of aromatic nitrogens is 4. The van der Waals surface area contributed by atoms with Gasteiger partial charge < -0.3 is 5.32 Å². The summed E-state index contributed by atoms with van der Waals surface area (Å²) in [6, 6.07) is 1.80. The molecule has 0 amide bonds. The zero-order valence-corrected chi connectivity index (χ0v) is 12.0. The molecule has 0 atom stereocenters. The Morgan fingerprint density at radius 3 is 2.84 bits per heavy atom. The molecule has 2 aromatic rings. The number of rotatable bonds is 3. The number of aromatic amines is 1. The average molecular weight is 326 g/mol. The number of nitrogens with zero attached hydrogens (tertiary/aromatic N) is 3. The van der Waals surface area contributed by atoms with E-state index in [1.165, 1.54) is 10.8 Å². The van der Waals surface area contributed by atoms with E-state index in [4.69, 9.17) is 0 Å². The third-order valence-electron chi connectivity index (χ3n) is 2.44. The Morgan fingerprint density at radius 1 is 1.42 bits per heavy atom. The zero-order chi connectivity index (χ0) is 14.0. The van der Waals surface area contributed by atoms with Gasteiger partial charge in [0, 0.05) is 25.0 Å². The largest absolute Gasteiger partial charge is 0.373 e. The lowest BCUT2D eigenvalue weighted by atomic mass is 10.4. The van der Waals surface area contributed by atoms with E-state index in [1.54, 1.807) is 13.1 Å². The van der Waals surface area contributed by atoms with Crippen LogP contribution in [0.1, 0.15) is 11.5 Å². The maximum atomic E-state index is 11.7. The van der Waals surface area contributed by atoms with Crippen LogP contribution in [0.3, 0.4) is 0 Å². The van der Waals surface area contributed by atoms with Gasteiger partial charge in [-0.05, 0) is 22.9 Å². The highest BCUT2D eigenvalue weighted by atomic mass is 79.9. The van der Waals surface area contributed by atoms with Crippen LogP contribution in [0.2, 0.25) is 0 Å². The minimum Gasteiger partial charge on any atom is -0.373 e. The molecule has 0 saturated heterocycles. The van der Waals surface area contributed by atoms with Crippen molar-refractivity contribution in [3.05, 3.63) is 49.1 Å². The minimum absolute atomic E-state index is 0.185. The zero-order valence-electron chi connectivity index (χ0n) is 10.4. The molecule has 7 nitrogen and oxygen atoms in total. The molecule has 19 heavy (non-hydrogen) atoms. The molecular weight excluding hydrogens is 314 g/mol. The van der Waals surface area contributed by atoms with Crippen molar-refractivity contribution < 1.29 is 0 Å². The van der Waals surface area contributed by atoms with Crippen LogP contribution in [0.4, 0.5) is 5.82 Å². The SMILES string of the molecule is CNc1cc(C)nc(Cn2cc(Br)c(=O)[nH]c2=O)n1. The Bertz CT molecular complexity index is 722.